The molecule has 0 unspecified atom stereocenters. The second-order valence-corrected chi connectivity index (χ2v) is 5.43. The minimum absolute atomic E-state index is 0.169. The quantitative estimate of drug-likeness (QED) is 0.902. The zero-order valence-electron chi connectivity index (χ0n) is 10.5. The first-order chi connectivity index (χ1) is 8.61. The van der Waals surface area contributed by atoms with E-state index < -0.39 is 0 Å². The Hall–Kier alpha value is -1.07. The normalized spacial score (nSPS) is 16.9. The number of hydrogen-bond donors (Lipinski definition) is 1. The summed E-state index contributed by atoms with van der Waals surface area (Å²) in [6, 6.07) is 6.07. The lowest BCUT2D eigenvalue weighted by molar-refractivity contribution is -0.127. The molecule has 0 aromatic heterocycles. The molecule has 0 spiro atoms. The lowest BCUT2D eigenvalue weighted by atomic mass is 10.2. The van der Waals surface area contributed by atoms with Crippen LogP contribution in [0.5, 0.6) is 0 Å². The molecule has 18 heavy (non-hydrogen) atoms. The molecule has 0 radical (unpaired) electrons. The third kappa shape index (κ3) is 2.84. The fourth-order valence-corrected chi connectivity index (χ4v) is 2.80. The highest BCUT2D eigenvalue weighted by Gasteiger charge is 2.20. The molecule has 5 heteroatoms. The van der Waals surface area contributed by atoms with Crippen molar-refractivity contribution < 1.29 is 4.79 Å². The smallest absolute Gasteiger partial charge is 0.241 e. The largest absolute Gasteiger partial charge is 0.361 e. The summed E-state index contributed by atoms with van der Waals surface area (Å²) >= 11 is 3.56. The van der Waals surface area contributed by atoms with Gasteiger partial charge in [0.1, 0.15) is 0 Å². The van der Waals surface area contributed by atoms with Crippen LogP contribution < -0.4 is 10.6 Å². The van der Waals surface area contributed by atoms with Crippen molar-refractivity contribution in [2.75, 3.05) is 31.6 Å². The van der Waals surface area contributed by atoms with Crippen LogP contribution in [0.15, 0.2) is 22.7 Å². The summed E-state index contributed by atoms with van der Waals surface area (Å²) in [5.41, 5.74) is 7.77. The molecule has 1 heterocycles. The Labute approximate surface area is 116 Å². The van der Waals surface area contributed by atoms with E-state index in [1.54, 1.807) is 4.90 Å². The summed E-state index contributed by atoms with van der Waals surface area (Å²) in [4.78, 5) is 15.8. The Morgan fingerprint density at radius 3 is 2.83 bits per heavy atom. The minimum atomic E-state index is 0.169. The monoisotopic (exact) mass is 311 g/mol. The van der Waals surface area contributed by atoms with Crippen molar-refractivity contribution in [3.05, 3.63) is 28.2 Å². The first-order valence-corrected chi connectivity index (χ1v) is 6.88. The van der Waals surface area contributed by atoms with Crippen molar-refractivity contribution in [2.45, 2.75) is 13.0 Å². The summed E-state index contributed by atoms with van der Waals surface area (Å²) in [5.74, 6) is 0.169. The van der Waals surface area contributed by atoms with E-state index in [0.717, 1.165) is 35.2 Å². The van der Waals surface area contributed by atoms with Crippen molar-refractivity contribution in [3.63, 3.8) is 0 Å². The lowest BCUT2D eigenvalue weighted by Gasteiger charge is -2.23. The molecule has 0 aliphatic carbocycles. The number of carbonyl (C=O) groups excluding carboxylic acids is 1. The van der Waals surface area contributed by atoms with Gasteiger partial charge in [-0.1, -0.05) is 6.07 Å². The molecule has 1 amide bonds. The first kappa shape index (κ1) is 13.4. The summed E-state index contributed by atoms with van der Waals surface area (Å²) in [6.45, 7) is 2.70. The Balaban J connectivity index is 2.22. The average Bonchev–Trinajstić information content (AvgIpc) is 2.52. The minimum Gasteiger partial charge on any atom is -0.361 e. The summed E-state index contributed by atoms with van der Waals surface area (Å²) < 4.78 is 1.00. The van der Waals surface area contributed by atoms with E-state index in [-0.39, 0.29) is 5.91 Å². The molecule has 98 valence electrons. The number of likely N-dealkylation sites (N-methyl/N-ethyl adjacent to an activating group) is 1. The van der Waals surface area contributed by atoms with Gasteiger partial charge in [0.15, 0.2) is 0 Å². The van der Waals surface area contributed by atoms with Crippen LogP contribution in [0, 0.1) is 0 Å². The van der Waals surface area contributed by atoms with Crippen molar-refractivity contribution in [2.24, 2.45) is 5.73 Å². The first-order valence-electron chi connectivity index (χ1n) is 6.09. The predicted octanol–water partition coefficient (Wildman–Crippen LogP) is 1.58. The van der Waals surface area contributed by atoms with Gasteiger partial charge in [-0.2, -0.15) is 0 Å². The standard InChI is InChI=1S/C13H18BrN3O/c1-16-5-2-6-17(9-13(16)18)12-4-3-10(8-15)7-11(12)14/h3-4,7H,2,5-6,8-9,15H2,1H3. The van der Waals surface area contributed by atoms with E-state index in [9.17, 15) is 4.79 Å². The van der Waals surface area contributed by atoms with E-state index in [2.05, 4.69) is 20.8 Å². The Morgan fingerprint density at radius 2 is 2.17 bits per heavy atom. The van der Waals surface area contributed by atoms with Gasteiger partial charge in [-0.05, 0) is 40.0 Å². The molecule has 4 nitrogen and oxygen atoms in total. The van der Waals surface area contributed by atoms with Gasteiger partial charge < -0.3 is 15.5 Å². The third-order valence-corrected chi connectivity index (χ3v) is 3.90. The maximum Gasteiger partial charge on any atom is 0.241 e. The van der Waals surface area contributed by atoms with Gasteiger partial charge in [-0.25, -0.2) is 0 Å². The van der Waals surface area contributed by atoms with Crippen molar-refractivity contribution in [3.8, 4) is 0 Å². The molecule has 2 N–H and O–H groups in total. The van der Waals surface area contributed by atoms with Crippen molar-refractivity contribution >= 4 is 27.5 Å². The third-order valence-electron chi connectivity index (χ3n) is 3.26. The van der Waals surface area contributed by atoms with Gasteiger partial charge in [0, 0.05) is 31.2 Å². The van der Waals surface area contributed by atoms with E-state index in [1.165, 1.54) is 0 Å². The fraction of sp³-hybridized carbons (Fsp3) is 0.462. The molecule has 1 aromatic rings. The molecular formula is C13H18BrN3O. The topological polar surface area (TPSA) is 49.6 Å². The maximum atomic E-state index is 11.9. The molecule has 0 atom stereocenters. The molecule has 1 fully saturated rings. The number of hydrogen-bond acceptors (Lipinski definition) is 3. The summed E-state index contributed by atoms with van der Waals surface area (Å²) in [6.07, 6.45) is 0.993. The molecule has 1 aliphatic rings. The van der Waals surface area contributed by atoms with Crippen molar-refractivity contribution in [1.82, 2.24) is 4.90 Å². The lowest BCUT2D eigenvalue weighted by Crippen LogP contribution is -2.34. The van der Waals surface area contributed by atoms with Gasteiger partial charge in [0.2, 0.25) is 5.91 Å². The number of amides is 1. The van der Waals surface area contributed by atoms with Crippen LogP contribution in [0.25, 0.3) is 0 Å². The van der Waals surface area contributed by atoms with Crippen LogP contribution >= 0.6 is 15.9 Å². The SMILES string of the molecule is CN1CCCN(c2ccc(CN)cc2Br)CC1=O. The number of nitrogens with two attached hydrogens (primary N) is 1. The average molecular weight is 312 g/mol. The molecule has 0 saturated carbocycles. The van der Waals surface area contributed by atoms with E-state index in [1.807, 2.05) is 25.2 Å². The van der Waals surface area contributed by atoms with Crippen LogP contribution in [0.4, 0.5) is 5.69 Å². The van der Waals surface area contributed by atoms with Gasteiger partial charge in [0.25, 0.3) is 0 Å². The molecular weight excluding hydrogens is 294 g/mol. The van der Waals surface area contributed by atoms with Crippen LogP contribution in [-0.2, 0) is 11.3 Å². The number of halogens is 1. The zero-order chi connectivity index (χ0) is 13.1. The fourth-order valence-electron chi connectivity index (χ4n) is 2.13. The van der Waals surface area contributed by atoms with Gasteiger partial charge >= 0.3 is 0 Å². The van der Waals surface area contributed by atoms with E-state index in [0.29, 0.717) is 13.1 Å². The molecule has 1 saturated heterocycles. The molecule has 1 aromatic carbocycles. The van der Waals surface area contributed by atoms with E-state index in [4.69, 9.17) is 5.73 Å². The van der Waals surface area contributed by atoms with Gasteiger partial charge in [-0.15, -0.1) is 0 Å². The zero-order valence-corrected chi connectivity index (χ0v) is 12.1. The highest BCUT2D eigenvalue weighted by molar-refractivity contribution is 9.10. The molecule has 1 aliphatic heterocycles. The summed E-state index contributed by atoms with van der Waals surface area (Å²) in [7, 11) is 1.86. The van der Waals surface area contributed by atoms with Crippen LogP contribution in [0.3, 0.4) is 0 Å². The Bertz CT molecular complexity index is 450. The van der Waals surface area contributed by atoms with E-state index >= 15 is 0 Å². The number of nitrogens with zero attached hydrogens (tertiary/aromatic N) is 2. The van der Waals surface area contributed by atoms with Crippen molar-refractivity contribution in [1.29, 1.82) is 0 Å². The highest BCUT2D eigenvalue weighted by Crippen LogP contribution is 2.28. The van der Waals surface area contributed by atoms with Gasteiger partial charge in [-0.3, -0.25) is 4.79 Å². The maximum absolute atomic E-state index is 11.9. The molecule has 2 rings (SSSR count). The highest BCUT2D eigenvalue weighted by atomic mass is 79.9. The second-order valence-electron chi connectivity index (χ2n) is 4.58. The van der Waals surface area contributed by atoms with Crippen LogP contribution in [0.2, 0.25) is 0 Å². The number of benzene rings is 1. The molecule has 0 bridgehead atoms. The number of anilines is 1. The summed E-state index contributed by atoms with van der Waals surface area (Å²) in [5, 5.41) is 0. The van der Waals surface area contributed by atoms with Gasteiger partial charge in [0.05, 0.1) is 12.2 Å². The van der Waals surface area contributed by atoms with Crippen LogP contribution in [0.1, 0.15) is 12.0 Å². The Morgan fingerprint density at radius 1 is 1.39 bits per heavy atom. The van der Waals surface area contributed by atoms with Crippen LogP contribution in [-0.4, -0.2) is 37.5 Å². The second kappa shape index (κ2) is 5.71. The predicted molar refractivity (Wildman–Crippen MR) is 76.5 cm³/mol. The number of carbonyl (C=O) groups is 1. The Kier molecular flexibility index (Phi) is 4.24. The number of rotatable bonds is 2.